The molecule has 0 bridgehead atoms. The van der Waals surface area contributed by atoms with Crippen LogP contribution in [0.2, 0.25) is 26.2 Å². The van der Waals surface area contributed by atoms with E-state index in [0.717, 1.165) is 0 Å². The predicted octanol–water partition coefficient (Wildman–Crippen LogP) is 2.31. The van der Waals surface area contributed by atoms with Gasteiger partial charge in [-0.15, -0.1) is 0 Å². The van der Waals surface area contributed by atoms with Crippen molar-refractivity contribution < 1.29 is 59.6 Å². The van der Waals surface area contributed by atoms with E-state index in [9.17, 15) is 0 Å². The Labute approximate surface area is 265 Å². The normalized spacial score (nSPS) is 20.2. The molecule has 2 atom stereocenters. The summed E-state index contributed by atoms with van der Waals surface area (Å²) in [7, 11) is 0. The van der Waals surface area contributed by atoms with Gasteiger partial charge in [0, 0.05) is 0 Å². The molecule has 38 heavy (non-hydrogen) atoms. The first-order chi connectivity index (χ1) is 16.1. The first kappa shape index (κ1) is 41.5. The summed E-state index contributed by atoms with van der Waals surface area (Å²) in [6, 6.07) is 0. The summed E-state index contributed by atoms with van der Waals surface area (Å²) in [6.45, 7) is 41.6. The molecule has 0 aromatic carbocycles. The molecular weight excluding hydrogens is 611 g/mol. The van der Waals surface area contributed by atoms with Crippen molar-refractivity contribution in [1.82, 2.24) is 7.60 Å². The Morgan fingerprint density at radius 1 is 0.526 bits per heavy atom. The van der Waals surface area contributed by atoms with Crippen molar-refractivity contribution in [2.75, 3.05) is 0 Å². The van der Waals surface area contributed by atoms with E-state index in [0.29, 0.717) is 11.8 Å². The molecule has 0 spiro atoms. The zero-order valence-corrected chi connectivity index (χ0v) is 35.0. The standard InChI is InChI=1S/2C9H13.2C4H10N.2C2H7Si.2ClH.2Ti/c2*1-6-5-7(2)9(4)8(6)3;2*1-4(2,3)5;2*1-3-2;;;;/h2*6H,1-4H3;2*5H,1-3H3;2*3H,1-2H3;2*1H;;/q;;2*-1;;;;;2*+2/p-2. The number of halogens is 2. The molecule has 8 heteroatoms. The number of allylic oxidation sites excluding steroid dienone is 8. The fourth-order valence-corrected chi connectivity index (χ4v) is 30.1. The van der Waals surface area contributed by atoms with Crippen LogP contribution in [0.1, 0.15) is 96.9 Å². The second kappa shape index (κ2) is 16.2. The van der Waals surface area contributed by atoms with Crippen LogP contribution < -0.4 is 32.4 Å². The molecule has 0 fully saturated rings. The van der Waals surface area contributed by atoms with Crippen molar-refractivity contribution in [2.24, 2.45) is 11.8 Å². The van der Waals surface area contributed by atoms with Crippen LogP contribution in [-0.4, -0.2) is 24.4 Å². The van der Waals surface area contributed by atoms with Gasteiger partial charge >= 0.3 is 243 Å². The molecule has 2 aliphatic carbocycles. The fourth-order valence-electron chi connectivity index (χ4n) is 5.45. The molecule has 0 aromatic rings. The smallest absolute Gasteiger partial charge is 1.00 e. The van der Waals surface area contributed by atoms with Gasteiger partial charge in [0.15, 0.2) is 0 Å². The van der Waals surface area contributed by atoms with Crippen molar-refractivity contribution in [3.63, 3.8) is 0 Å². The van der Waals surface area contributed by atoms with Crippen LogP contribution in [0, 0.1) is 11.8 Å². The van der Waals surface area contributed by atoms with Crippen molar-refractivity contribution in [3.8, 4) is 0 Å². The second-order valence-corrected chi connectivity index (χ2v) is 39.3. The van der Waals surface area contributed by atoms with Crippen LogP contribution in [0.15, 0.2) is 41.2 Å². The van der Waals surface area contributed by atoms with Gasteiger partial charge in [0.1, 0.15) is 0 Å². The average Bonchev–Trinajstić information content (AvgIpc) is 3.02. The zero-order valence-electron chi connectivity index (χ0n) is 28.1. The van der Waals surface area contributed by atoms with E-state index in [2.05, 4.69) is 131 Å². The summed E-state index contributed by atoms with van der Waals surface area (Å²) in [5.41, 5.74) is 10.1. The SMILES string of the molecule is CC1=C(C)C(C)[C]([Ti+]([NH]C(C)(C)C)[SiH](C)C)=C1C.CC1=C(C)C(C)[C]([Ti+]([NH]C(C)(C)C)[SiH](C)C)=C1C.[Cl-].[Cl-]. The molecule has 2 aliphatic rings. The van der Waals surface area contributed by atoms with Gasteiger partial charge in [-0.2, -0.15) is 0 Å². The van der Waals surface area contributed by atoms with Gasteiger partial charge in [0.25, 0.3) is 0 Å². The Morgan fingerprint density at radius 2 is 0.763 bits per heavy atom. The molecule has 0 aliphatic heterocycles. The van der Waals surface area contributed by atoms with Crippen molar-refractivity contribution in [1.29, 1.82) is 0 Å². The third kappa shape index (κ3) is 10.9. The molecule has 0 amide bonds. The van der Waals surface area contributed by atoms with Gasteiger partial charge in [0.05, 0.1) is 0 Å². The van der Waals surface area contributed by atoms with Gasteiger partial charge in [-0.3, -0.25) is 0 Å². The minimum Gasteiger partial charge on any atom is -1.00 e. The fraction of sp³-hybridized carbons (Fsp3) is 0.733. The van der Waals surface area contributed by atoms with Gasteiger partial charge in [-0.05, 0) is 0 Å². The minimum atomic E-state index is -1.26. The molecule has 0 saturated carbocycles. The first-order valence-corrected chi connectivity index (χ1v) is 28.5. The Kier molecular flexibility index (Phi) is 17.7. The third-order valence-corrected chi connectivity index (χ3v) is 32.4. The Morgan fingerprint density at radius 3 is 0.895 bits per heavy atom. The van der Waals surface area contributed by atoms with Gasteiger partial charge < -0.3 is 24.8 Å². The molecule has 0 heterocycles. The maximum absolute atomic E-state index is 4.04. The maximum Gasteiger partial charge on any atom is -1.00 e. The molecular formula is C30H60Cl2N2Si2Ti2. The van der Waals surface area contributed by atoms with E-state index in [1.54, 1.807) is 33.4 Å². The summed E-state index contributed by atoms with van der Waals surface area (Å²) < 4.78 is 11.8. The number of hydrogen-bond acceptors (Lipinski definition) is 2. The predicted molar refractivity (Wildman–Crippen MR) is 164 cm³/mol. The molecule has 0 aromatic heterocycles. The van der Waals surface area contributed by atoms with Crippen LogP contribution >= 0.6 is 0 Å². The van der Waals surface area contributed by atoms with E-state index < -0.39 is 48.1 Å². The molecule has 0 saturated heterocycles. The Bertz CT molecular complexity index is 863. The van der Waals surface area contributed by atoms with Gasteiger partial charge in [0.2, 0.25) is 0 Å². The Hall–Kier alpha value is 1.32. The quantitative estimate of drug-likeness (QED) is 0.424. The summed E-state index contributed by atoms with van der Waals surface area (Å²) in [5.74, 6) is 1.40. The molecule has 0 radical (unpaired) electrons. The largest absolute Gasteiger partial charge is 1.00 e. The maximum atomic E-state index is 4.04. The van der Waals surface area contributed by atoms with Gasteiger partial charge in [-0.25, -0.2) is 0 Å². The summed E-state index contributed by atoms with van der Waals surface area (Å²) in [6.07, 6.45) is 0. The summed E-state index contributed by atoms with van der Waals surface area (Å²) >= 11 is -2.53. The van der Waals surface area contributed by atoms with Crippen LogP contribution in [-0.2, 0) is 34.8 Å². The molecule has 2 nitrogen and oxygen atoms in total. The number of nitrogens with one attached hydrogen (secondary N) is 2. The van der Waals surface area contributed by atoms with E-state index >= 15 is 0 Å². The Balaban J connectivity index is 0. The van der Waals surface area contributed by atoms with Crippen LogP contribution in [0.5, 0.6) is 0 Å². The van der Waals surface area contributed by atoms with Crippen LogP contribution in [0.25, 0.3) is 0 Å². The third-order valence-electron chi connectivity index (χ3n) is 8.04. The second-order valence-electron chi connectivity index (χ2n) is 14.0. The van der Waals surface area contributed by atoms with Crippen LogP contribution in [0.4, 0.5) is 0 Å². The molecule has 2 N–H and O–H groups in total. The zero-order chi connectivity index (χ0) is 28.5. The minimum absolute atomic E-state index is 0. The van der Waals surface area contributed by atoms with Crippen molar-refractivity contribution in [3.05, 3.63) is 41.2 Å². The van der Waals surface area contributed by atoms with Gasteiger partial charge in [-0.1, -0.05) is 0 Å². The van der Waals surface area contributed by atoms with E-state index in [4.69, 9.17) is 0 Å². The molecule has 2 rings (SSSR count). The van der Waals surface area contributed by atoms with Crippen molar-refractivity contribution in [2.45, 2.75) is 134 Å². The topological polar surface area (TPSA) is 24.1 Å². The molecule has 220 valence electrons. The molecule has 2 unspecified atom stereocenters. The monoisotopic (exact) mass is 670 g/mol. The average molecular weight is 672 g/mol. The summed E-state index contributed by atoms with van der Waals surface area (Å²) in [5, 5.41) is 0. The first-order valence-electron chi connectivity index (χ1n) is 14.2. The number of hydrogen-bond donors (Lipinski definition) is 2. The van der Waals surface area contributed by atoms with Crippen molar-refractivity contribution >= 4 is 13.3 Å². The number of rotatable bonds is 6. The van der Waals surface area contributed by atoms with Crippen LogP contribution in [0.3, 0.4) is 0 Å². The van der Waals surface area contributed by atoms with E-state index in [-0.39, 0.29) is 35.9 Å². The van der Waals surface area contributed by atoms with E-state index in [1.807, 2.05) is 7.76 Å². The summed E-state index contributed by atoms with van der Waals surface area (Å²) in [4.78, 5) is 0. The van der Waals surface area contributed by atoms with E-state index in [1.165, 1.54) is 0 Å².